The number of benzene rings is 2. The number of carbonyl (C=O) groups is 1. The molecule has 2 aromatic carbocycles. The summed E-state index contributed by atoms with van der Waals surface area (Å²) in [4.78, 5) is 13.9. The number of nitrogens with zero attached hydrogens (tertiary/aromatic N) is 1. The number of anilines is 3. The maximum Gasteiger partial charge on any atom is 0.243 e. The summed E-state index contributed by atoms with van der Waals surface area (Å²) in [7, 11) is 3.45. The number of likely N-dealkylation sites (N-methyl/N-ethyl adjacent to an activating group) is 1. The highest BCUT2D eigenvalue weighted by molar-refractivity contribution is 5.94. The van der Waals surface area contributed by atoms with Crippen LogP contribution in [-0.4, -0.2) is 26.6 Å². The molecule has 5 nitrogen and oxygen atoms in total. The zero-order valence-electron chi connectivity index (χ0n) is 12.2. The Kier molecular flexibility index (Phi) is 4.66. The van der Waals surface area contributed by atoms with Gasteiger partial charge in [-0.15, -0.1) is 0 Å². The minimum Gasteiger partial charge on any atom is -0.495 e. The molecule has 2 rings (SSSR count). The first-order valence-electron chi connectivity index (χ1n) is 6.59. The molecule has 2 aromatic rings. The lowest BCUT2D eigenvalue weighted by Crippen LogP contribution is -2.30. The maximum absolute atomic E-state index is 12.1. The molecule has 0 fully saturated rings. The molecule has 0 saturated heterocycles. The van der Waals surface area contributed by atoms with Crippen molar-refractivity contribution in [3.8, 4) is 5.75 Å². The van der Waals surface area contributed by atoms with Crippen molar-refractivity contribution in [2.45, 2.75) is 0 Å². The Morgan fingerprint density at radius 1 is 1.24 bits per heavy atom. The Morgan fingerprint density at radius 3 is 2.71 bits per heavy atom. The smallest absolute Gasteiger partial charge is 0.243 e. The molecular formula is C16H19N3O2. The van der Waals surface area contributed by atoms with E-state index in [2.05, 4.69) is 5.32 Å². The van der Waals surface area contributed by atoms with Gasteiger partial charge >= 0.3 is 0 Å². The average Bonchev–Trinajstić information content (AvgIpc) is 2.47. The van der Waals surface area contributed by atoms with Gasteiger partial charge in [-0.2, -0.15) is 0 Å². The minimum atomic E-state index is -0.117. The van der Waals surface area contributed by atoms with Gasteiger partial charge in [-0.05, 0) is 30.3 Å². The number of rotatable bonds is 5. The van der Waals surface area contributed by atoms with Crippen molar-refractivity contribution >= 4 is 23.0 Å². The fourth-order valence-corrected chi connectivity index (χ4v) is 2.06. The monoisotopic (exact) mass is 285 g/mol. The number of nitrogens with one attached hydrogen (secondary N) is 1. The standard InChI is InChI=1S/C16H19N3O2/c1-19(14-8-3-4-9-15(14)21-2)11-16(20)18-13-7-5-6-12(17)10-13/h3-10H,11,17H2,1-2H3,(H,18,20). The number of hydrogen-bond acceptors (Lipinski definition) is 4. The molecular weight excluding hydrogens is 266 g/mol. The summed E-state index contributed by atoms with van der Waals surface area (Å²) in [5.41, 5.74) is 7.85. The number of ether oxygens (including phenoxy) is 1. The second-order valence-corrected chi connectivity index (χ2v) is 4.70. The highest BCUT2D eigenvalue weighted by Gasteiger charge is 2.11. The zero-order valence-corrected chi connectivity index (χ0v) is 12.2. The van der Waals surface area contributed by atoms with Crippen LogP contribution in [0.2, 0.25) is 0 Å². The number of para-hydroxylation sites is 2. The molecule has 0 aromatic heterocycles. The van der Waals surface area contributed by atoms with Gasteiger partial charge in [0.2, 0.25) is 5.91 Å². The average molecular weight is 285 g/mol. The van der Waals surface area contributed by atoms with Crippen molar-refractivity contribution in [2.75, 3.05) is 36.7 Å². The van der Waals surface area contributed by atoms with E-state index in [4.69, 9.17) is 10.5 Å². The zero-order chi connectivity index (χ0) is 15.2. The summed E-state index contributed by atoms with van der Waals surface area (Å²) < 4.78 is 5.29. The van der Waals surface area contributed by atoms with E-state index in [1.807, 2.05) is 36.2 Å². The normalized spacial score (nSPS) is 10.0. The molecule has 0 aliphatic heterocycles. The van der Waals surface area contributed by atoms with Gasteiger partial charge in [0.25, 0.3) is 0 Å². The van der Waals surface area contributed by atoms with E-state index >= 15 is 0 Å². The summed E-state index contributed by atoms with van der Waals surface area (Å²) in [6.45, 7) is 0.217. The van der Waals surface area contributed by atoms with Gasteiger partial charge in [-0.3, -0.25) is 4.79 Å². The van der Waals surface area contributed by atoms with Crippen LogP contribution in [0, 0.1) is 0 Å². The van der Waals surface area contributed by atoms with Gasteiger partial charge in [0.1, 0.15) is 5.75 Å². The fourth-order valence-electron chi connectivity index (χ4n) is 2.06. The maximum atomic E-state index is 12.1. The van der Waals surface area contributed by atoms with E-state index in [-0.39, 0.29) is 12.5 Å². The fraction of sp³-hybridized carbons (Fsp3) is 0.188. The third-order valence-corrected chi connectivity index (χ3v) is 3.05. The molecule has 0 unspecified atom stereocenters. The lowest BCUT2D eigenvalue weighted by Gasteiger charge is -2.21. The Balaban J connectivity index is 2.02. The van der Waals surface area contributed by atoms with Crippen molar-refractivity contribution in [3.05, 3.63) is 48.5 Å². The quantitative estimate of drug-likeness (QED) is 0.828. The minimum absolute atomic E-state index is 0.117. The largest absolute Gasteiger partial charge is 0.495 e. The van der Waals surface area contributed by atoms with E-state index < -0.39 is 0 Å². The first-order valence-corrected chi connectivity index (χ1v) is 6.59. The molecule has 0 bridgehead atoms. The molecule has 110 valence electrons. The van der Waals surface area contributed by atoms with Crippen LogP contribution in [-0.2, 0) is 4.79 Å². The molecule has 21 heavy (non-hydrogen) atoms. The molecule has 0 aliphatic carbocycles. The number of methoxy groups -OCH3 is 1. The number of hydrogen-bond donors (Lipinski definition) is 2. The van der Waals surface area contributed by atoms with Crippen LogP contribution >= 0.6 is 0 Å². The molecule has 0 saturated carbocycles. The van der Waals surface area contributed by atoms with Gasteiger partial charge in [-0.1, -0.05) is 18.2 Å². The molecule has 0 heterocycles. The molecule has 3 N–H and O–H groups in total. The summed E-state index contributed by atoms with van der Waals surface area (Å²) in [6, 6.07) is 14.7. The van der Waals surface area contributed by atoms with E-state index in [0.717, 1.165) is 11.4 Å². The molecule has 5 heteroatoms. The number of amides is 1. The van der Waals surface area contributed by atoms with E-state index in [1.54, 1.807) is 31.4 Å². The van der Waals surface area contributed by atoms with Crippen molar-refractivity contribution in [1.29, 1.82) is 0 Å². The lowest BCUT2D eigenvalue weighted by molar-refractivity contribution is -0.114. The number of nitrogens with two attached hydrogens (primary N) is 1. The Bertz CT molecular complexity index is 628. The van der Waals surface area contributed by atoms with Crippen LogP contribution in [0.15, 0.2) is 48.5 Å². The highest BCUT2D eigenvalue weighted by Crippen LogP contribution is 2.26. The predicted molar refractivity (Wildman–Crippen MR) is 85.7 cm³/mol. The molecule has 1 amide bonds. The van der Waals surface area contributed by atoms with Crippen LogP contribution < -0.4 is 20.7 Å². The number of carbonyl (C=O) groups excluding carboxylic acids is 1. The van der Waals surface area contributed by atoms with Crippen LogP contribution in [0.4, 0.5) is 17.1 Å². The Hall–Kier alpha value is -2.69. The third-order valence-electron chi connectivity index (χ3n) is 3.05. The van der Waals surface area contributed by atoms with Crippen molar-refractivity contribution < 1.29 is 9.53 Å². The topological polar surface area (TPSA) is 67.6 Å². The van der Waals surface area contributed by atoms with Gasteiger partial charge in [0.15, 0.2) is 0 Å². The van der Waals surface area contributed by atoms with Gasteiger partial charge in [0, 0.05) is 18.4 Å². The second-order valence-electron chi connectivity index (χ2n) is 4.70. The molecule has 0 radical (unpaired) electrons. The van der Waals surface area contributed by atoms with Gasteiger partial charge in [-0.25, -0.2) is 0 Å². The lowest BCUT2D eigenvalue weighted by atomic mass is 10.2. The first kappa shape index (κ1) is 14.7. The van der Waals surface area contributed by atoms with Gasteiger partial charge < -0.3 is 20.7 Å². The third kappa shape index (κ3) is 3.89. The molecule has 0 aliphatic rings. The van der Waals surface area contributed by atoms with Crippen LogP contribution in [0.1, 0.15) is 0 Å². The Labute approximate surface area is 124 Å². The van der Waals surface area contributed by atoms with Crippen molar-refractivity contribution in [2.24, 2.45) is 0 Å². The summed E-state index contributed by atoms with van der Waals surface area (Å²) in [5, 5.41) is 2.82. The predicted octanol–water partition coefficient (Wildman–Crippen LogP) is 2.35. The van der Waals surface area contributed by atoms with Crippen LogP contribution in [0.3, 0.4) is 0 Å². The van der Waals surface area contributed by atoms with Crippen LogP contribution in [0.5, 0.6) is 5.75 Å². The molecule has 0 atom stereocenters. The van der Waals surface area contributed by atoms with E-state index in [9.17, 15) is 4.79 Å². The van der Waals surface area contributed by atoms with Gasteiger partial charge in [0.05, 0.1) is 19.3 Å². The SMILES string of the molecule is COc1ccccc1N(C)CC(=O)Nc1cccc(N)c1. The second kappa shape index (κ2) is 6.65. The summed E-state index contributed by atoms with van der Waals surface area (Å²) >= 11 is 0. The van der Waals surface area contributed by atoms with Crippen molar-refractivity contribution in [3.63, 3.8) is 0 Å². The highest BCUT2D eigenvalue weighted by atomic mass is 16.5. The van der Waals surface area contributed by atoms with Crippen LogP contribution in [0.25, 0.3) is 0 Å². The first-order chi connectivity index (χ1) is 10.1. The van der Waals surface area contributed by atoms with E-state index in [1.165, 1.54) is 0 Å². The summed E-state index contributed by atoms with van der Waals surface area (Å²) in [5.74, 6) is 0.616. The summed E-state index contributed by atoms with van der Waals surface area (Å²) in [6.07, 6.45) is 0. The van der Waals surface area contributed by atoms with E-state index in [0.29, 0.717) is 11.4 Å². The van der Waals surface area contributed by atoms with Crippen molar-refractivity contribution in [1.82, 2.24) is 0 Å². The Morgan fingerprint density at radius 2 is 2.00 bits per heavy atom. The number of nitrogen functional groups attached to an aromatic ring is 1. The molecule has 0 spiro atoms.